The molecule has 1 unspecified atom stereocenters. The number of aromatic amines is 1. The van der Waals surface area contributed by atoms with Crippen molar-refractivity contribution < 1.29 is 39.1 Å². The zero-order valence-electron chi connectivity index (χ0n) is 32.8. The van der Waals surface area contributed by atoms with Gasteiger partial charge in [-0.1, -0.05) is 25.1 Å². The van der Waals surface area contributed by atoms with Crippen LogP contribution in [0.3, 0.4) is 0 Å². The molecule has 0 radical (unpaired) electrons. The van der Waals surface area contributed by atoms with Crippen molar-refractivity contribution in [2.75, 3.05) is 72.6 Å². The van der Waals surface area contributed by atoms with Crippen molar-refractivity contribution in [1.29, 1.82) is 0 Å². The number of aliphatic hydroxyl groups is 3. The first kappa shape index (κ1) is 36.9. The van der Waals surface area contributed by atoms with Gasteiger partial charge in [-0.25, -0.2) is 4.79 Å². The molecular formula is C43H56N4O8. The van der Waals surface area contributed by atoms with E-state index in [1.165, 1.54) is 14.2 Å². The molecule has 6 heterocycles. The number of nitrogens with one attached hydrogen (secondary N) is 1. The van der Waals surface area contributed by atoms with Crippen LogP contribution in [-0.2, 0) is 36.3 Å². The maximum atomic E-state index is 15.2. The Hall–Kier alpha value is -3.68. The largest absolute Gasteiger partial charge is 0.496 e. The fourth-order valence-corrected chi connectivity index (χ4v) is 13.4. The number of piperidine rings is 2. The Kier molecular flexibility index (Phi) is 8.50. The number of anilines is 1. The fourth-order valence-electron chi connectivity index (χ4n) is 13.4. The van der Waals surface area contributed by atoms with Crippen LogP contribution < -0.4 is 9.64 Å². The smallest absolute Gasteiger partial charge is 0.340 e. The van der Waals surface area contributed by atoms with Crippen LogP contribution in [0.2, 0.25) is 0 Å². The second-order valence-electron chi connectivity index (χ2n) is 17.8. The summed E-state index contributed by atoms with van der Waals surface area (Å²) in [6.07, 6.45) is 4.42. The minimum absolute atomic E-state index is 0.0665. The first-order valence-electron chi connectivity index (χ1n) is 20.1. The zero-order valence-corrected chi connectivity index (χ0v) is 32.8. The number of hydrogen-bond donors (Lipinski definition) is 4. The van der Waals surface area contributed by atoms with Crippen molar-refractivity contribution >= 4 is 28.5 Å². The number of likely N-dealkylation sites (N-methyl/N-ethyl adjacent to an activating group) is 1. The quantitative estimate of drug-likeness (QED) is 0.275. The molecule has 1 spiro atoms. The molecule has 9 atom stereocenters. The molecule has 2 bridgehead atoms. The molecule has 1 aliphatic carbocycles. The Morgan fingerprint density at radius 2 is 1.75 bits per heavy atom. The molecule has 4 fully saturated rings. The standard InChI is InChI=1S/C43H56N4O8/c1-6-40(51)20-26-21-42(37(49)54-4,34-28(12-16-46(22-26)24-40)27-10-7-8-11-31(27)44-34)30-18-29-32(19-33(30)53-3)45(2)36-41(29)14-17-47-15-9-13-39(25-48,35(41)47)23-43(36,52)38(50)55-5/h7-8,10-11,18-19,26,35-36,44,48,51-52H,6,9,12-17,20-25H2,1-5H3/t26-,35-,36+,39-,40-,41+,42-,43+/m0/s1. The van der Waals surface area contributed by atoms with Crippen LogP contribution in [0, 0.1) is 11.3 Å². The number of hydrogen-bond acceptors (Lipinski definition) is 11. The summed E-state index contributed by atoms with van der Waals surface area (Å²) in [5, 5.41) is 37.1. The molecule has 3 saturated heterocycles. The fraction of sp³-hybridized carbons (Fsp3) is 0.628. The van der Waals surface area contributed by atoms with Gasteiger partial charge in [-0.3, -0.25) is 14.6 Å². The number of carbonyl (C=O) groups excluding carboxylic acids is 2. The van der Waals surface area contributed by atoms with Crippen molar-refractivity contribution in [3.8, 4) is 5.75 Å². The lowest BCUT2D eigenvalue weighted by molar-refractivity contribution is -0.192. The molecule has 0 amide bonds. The topological polar surface area (TPSA) is 148 Å². The SMILES string of the molecule is CC[C@]1(O)C[C@@H]2CN(CCc3c([nH]c4ccccc34)[C@@](C(=O)OC)(c3cc4c(cc3OC)N(C)[C@@H]3[C@]45CCN4CCC[C@@](CO)(C[C@]3(O)C(=O)OC)[C@H]45)C2)C1. The minimum Gasteiger partial charge on any atom is -0.496 e. The summed E-state index contributed by atoms with van der Waals surface area (Å²) < 4.78 is 17.6. The van der Waals surface area contributed by atoms with Crippen LogP contribution in [0.4, 0.5) is 5.69 Å². The third-order valence-electron chi connectivity index (χ3n) is 15.2. The molecule has 55 heavy (non-hydrogen) atoms. The van der Waals surface area contributed by atoms with Gasteiger partial charge < -0.3 is 39.4 Å². The van der Waals surface area contributed by atoms with E-state index in [9.17, 15) is 20.1 Å². The molecule has 12 nitrogen and oxygen atoms in total. The van der Waals surface area contributed by atoms with E-state index in [4.69, 9.17) is 14.2 Å². The van der Waals surface area contributed by atoms with Crippen LogP contribution in [0.15, 0.2) is 36.4 Å². The van der Waals surface area contributed by atoms with Crippen molar-refractivity contribution in [3.05, 3.63) is 58.8 Å². The molecule has 9 rings (SSSR count). The van der Waals surface area contributed by atoms with Crippen LogP contribution >= 0.6 is 0 Å². The monoisotopic (exact) mass is 756 g/mol. The molecule has 1 aromatic heterocycles. The van der Waals surface area contributed by atoms with Gasteiger partial charge in [0.2, 0.25) is 0 Å². The Morgan fingerprint density at radius 3 is 2.47 bits per heavy atom. The molecule has 3 aromatic rings. The van der Waals surface area contributed by atoms with Crippen LogP contribution in [0.25, 0.3) is 10.9 Å². The summed E-state index contributed by atoms with van der Waals surface area (Å²) in [7, 11) is 6.31. The maximum Gasteiger partial charge on any atom is 0.340 e. The van der Waals surface area contributed by atoms with Gasteiger partial charge in [0.1, 0.15) is 11.2 Å². The van der Waals surface area contributed by atoms with Crippen LogP contribution in [0.5, 0.6) is 5.75 Å². The number of carbonyl (C=O) groups is 2. The maximum absolute atomic E-state index is 15.2. The summed E-state index contributed by atoms with van der Waals surface area (Å²) in [5.41, 5.74) is -0.582. The zero-order chi connectivity index (χ0) is 38.7. The predicted molar refractivity (Wildman–Crippen MR) is 206 cm³/mol. The van der Waals surface area contributed by atoms with E-state index in [1.54, 1.807) is 7.11 Å². The normalized spacial score (nSPS) is 37.9. The van der Waals surface area contributed by atoms with Crippen molar-refractivity contribution in [2.24, 2.45) is 11.3 Å². The number of rotatable bonds is 6. The molecule has 1 saturated carbocycles. The van der Waals surface area contributed by atoms with Gasteiger partial charge in [0.05, 0.1) is 39.6 Å². The highest BCUT2D eigenvalue weighted by Gasteiger charge is 2.76. The number of methoxy groups -OCH3 is 3. The number of para-hydroxylation sites is 1. The third-order valence-corrected chi connectivity index (χ3v) is 15.2. The number of aliphatic hydroxyl groups excluding tert-OH is 1. The molecule has 4 N–H and O–H groups in total. The molecule has 12 heteroatoms. The van der Waals surface area contributed by atoms with Gasteiger partial charge in [-0.15, -0.1) is 0 Å². The lowest BCUT2D eigenvalue weighted by Gasteiger charge is -2.62. The highest BCUT2D eigenvalue weighted by Crippen LogP contribution is 2.67. The number of benzene rings is 2. The van der Waals surface area contributed by atoms with Crippen molar-refractivity contribution in [2.45, 2.75) is 92.4 Å². The number of aromatic nitrogens is 1. The summed E-state index contributed by atoms with van der Waals surface area (Å²) in [5.74, 6) is -0.678. The van der Waals surface area contributed by atoms with Crippen LogP contribution in [0.1, 0.15) is 74.3 Å². The number of esters is 2. The first-order valence-corrected chi connectivity index (χ1v) is 20.1. The van der Waals surface area contributed by atoms with Gasteiger partial charge in [-0.05, 0) is 93.6 Å². The summed E-state index contributed by atoms with van der Waals surface area (Å²) >= 11 is 0. The number of H-pyrrole nitrogens is 1. The molecule has 5 aliphatic heterocycles. The first-order chi connectivity index (χ1) is 26.4. The Bertz CT molecular complexity index is 2050. The van der Waals surface area contributed by atoms with Crippen molar-refractivity contribution in [3.63, 3.8) is 0 Å². The van der Waals surface area contributed by atoms with E-state index in [0.717, 1.165) is 66.0 Å². The third kappa shape index (κ3) is 4.81. The van der Waals surface area contributed by atoms with Gasteiger partial charge in [0, 0.05) is 77.5 Å². The van der Waals surface area contributed by atoms with Gasteiger partial charge >= 0.3 is 11.9 Å². The van der Waals surface area contributed by atoms with Gasteiger partial charge in [0.25, 0.3) is 0 Å². The Morgan fingerprint density at radius 1 is 0.964 bits per heavy atom. The predicted octanol–water partition coefficient (Wildman–Crippen LogP) is 3.26. The lowest BCUT2D eigenvalue weighted by atomic mass is 9.49. The Balaban J connectivity index is 1.35. The molecule has 2 aromatic carbocycles. The molecular weight excluding hydrogens is 700 g/mol. The average molecular weight is 757 g/mol. The Labute approximate surface area is 322 Å². The lowest BCUT2D eigenvalue weighted by Crippen LogP contribution is -2.76. The highest BCUT2D eigenvalue weighted by molar-refractivity contribution is 5.94. The highest BCUT2D eigenvalue weighted by atomic mass is 16.5. The van der Waals surface area contributed by atoms with Gasteiger partial charge in [0.15, 0.2) is 5.60 Å². The summed E-state index contributed by atoms with van der Waals surface area (Å²) in [6.45, 7) is 5.51. The van der Waals surface area contributed by atoms with Crippen LogP contribution in [-0.4, -0.2) is 133 Å². The second kappa shape index (κ2) is 12.7. The summed E-state index contributed by atoms with van der Waals surface area (Å²) in [4.78, 5) is 39.7. The minimum atomic E-state index is -1.92. The number of fused-ring (bicyclic) bond motifs is 6. The van der Waals surface area contributed by atoms with E-state index >= 15 is 4.79 Å². The average Bonchev–Trinajstić information content (AvgIpc) is 3.85. The number of ether oxygens (including phenoxy) is 3. The van der Waals surface area contributed by atoms with E-state index in [2.05, 4.69) is 26.9 Å². The van der Waals surface area contributed by atoms with E-state index in [1.807, 2.05) is 43.1 Å². The molecule has 6 aliphatic rings. The van der Waals surface area contributed by atoms with Crippen molar-refractivity contribution in [1.82, 2.24) is 14.8 Å². The molecule has 296 valence electrons. The van der Waals surface area contributed by atoms with E-state index in [0.29, 0.717) is 56.4 Å². The summed E-state index contributed by atoms with van der Waals surface area (Å²) in [6, 6.07) is 11.4. The second-order valence-corrected chi connectivity index (χ2v) is 17.8. The van der Waals surface area contributed by atoms with E-state index < -0.39 is 45.4 Å². The van der Waals surface area contributed by atoms with Gasteiger partial charge in [-0.2, -0.15) is 0 Å². The van der Waals surface area contributed by atoms with E-state index in [-0.39, 0.29) is 25.0 Å². The number of nitrogens with zero attached hydrogens (tertiary/aromatic N) is 3.